The van der Waals surface area contributed by atoms with Crippen LogP contribution >= 0.6 is 0 Å². The summed E-state index contributed by atoms with van der Waals surface area (Å²) in [5.74, 6) is -0.210. The number of hydrogen-bond donors (Lipinski definition) is 9. The molecule has 1 amide bonds. The maximum atomic E-state index is 13.3. The average Bonchev–Trinajstić information content (AvgIpc) is 3.69. The highest BCUT2D eigenvalue weighted by atomic mass is 16.7. The molecule has 0 radical (unpaired) electrons. The van der Waals surface area contributed by atoms with Gasteiger partial charge in [-0.1, -0.05) is 301 Å². The summed E-state index contributed by atoms with van der Waals surface area (Å²) in [6, 6.07) is -0.833. The summed E-state index contributed by atoms with van der Waals surface area (Å²) in [5.41, 5.74) is 0. The van der Waals surface area contributed by atoms with Gasteiger partial charge in [-0.15, -0.1) is 0 Å². The van der Waals surface area contributed by atoms with Crippen molar-refractivity contribution in [3.63, 3.8) is 0 Å². The summed E-state index contributed by atoms with van der Waals surface area (Å²) in [7, 11) is 0. The van der Waals surface area contributed by atoms with Gasteiger partial charge in [-0.2, -0.15) is 0 Å². The van der Waals surface area contributed by atoms with E-state index in [2.05, 4.69) is 43.5 Å². The van der Waals surface area contributed by atoms with Crippen molar-refractivity contribution < 1.29 is 64.6 Å². The third-order valence-electron chi connectivity index (χ3n) is 17.9. The Hall–Kier alpha value is -1.53. The molecule has 2 saturated heterocycles. The van der Waals surface area contributed by atoms with E-state index in [0.29, 0.717) is 19.3 Å². The van der Waals surface area contributed by atoms with Gasteiger partial charge >= 0.3 is 0 Å². The molecule has 85 heavy (non-hydrogen) atoms. The highest BCUT2D eigenvalue weighted by molar-refractivity contribution is 5.76. The molecule has 0 aromatic carbocycles. The lowest BCUT2D eigenvalue weighted by atomic mass is 9.97. The highest BCUT2D eigenvalue weighted by Gasteiger charge is 2.51. The fourth-order valence-electron chi connectivity index (χ4n) is 12.2. The number of nitrogens with one attached hydrogen (secondary N) is 1. The number of unbranched alkanes of at least 4 members (excludes halogenated alkanes) is 43. The number of carbonyl (C=O) groups is 1. The molecule has 0 spiro atoms. The molecule has 0 bridgehead atoms. The van der Waals surface area contributed by atoms with E-state index >= 15 is 0 Å². The molecule has 0 saturated carbocycles. The van der Waals surface area contributed by atoms with E-state index in [-0.39, 0.29) is 12.5 Å². The standard InChI is InChI=1S/C71H135NO13/c1-3-5-7-9-11-13-15-17-19-21-23-24-25-26-27-28-29-30-31-32-33-34-35-36-37-38-40-42-44-46-48-50-52-54-60(75)59(72-63(76)55-53-51-49-47-45-43-41-39-22-20-18-16-14-12-10-8-6-4-2)58-82-70-68(81)66(79)69(62(57-74)84-70)85-71-67(80)65(78)64(77)61(56-73)83-71/h14,16,20,22,59-62,64-71,73-75,77-81H,3-13,15,17-19,21,23-58H2,1-2H3,(H,72,76)/b16-14-,22-20-. The van der Waals surface area contributed by atoms with Crippen LogP contribution in [0.1, 0.15) is 328 Å². The predicted octanol–water partition coefficient (Wildman–Crippen LogP) is 14.7. The van der Waals surface area contributed by atoms with E-state index in [9.17, 15) is 45.6 Å². The Kier molecular flexibility index (Phi) is 52.8. The summed E-state index contributed by atoms with van der Waals surface area (Å²) in [5, 5.41) is 87.6. The minimum atomic E-state index is -1.78. The fourth-order valence-corrected chi connectivity index (χ4v) is 12.2. The lowest BCUT2D eigenvalue weighted by molar-refractivity contribution is -0.359. The summed E-state index contributed by atoms with van der Waals surface area (Å²) >= 11 is 0. The van der Waals surface area contributed by atoms with Crippen LogP contribution in [-0.2, 0) is 23.7 Å². The van der Waals surface area contributed by atoms with Crippen molar-refractivity contribution in [3.05, 3.63) is 24.3 Å². The van der Waals surface area contributed by atoms with Crippen LogP contribution in [0, 0.1) is 0 Å². The van der Waals surface area contributed by atoms with Gasteiger partial charge in [-0.3, -0.25) is 4.79 Å². The molecule has 14 nitrogen and oxygen atoms in total. The van der Waals surface area contributed by atoms with Gasteiger partial charge in [0.25, 0.3) is 0 Å². The molecule has 0 aromatic rings. The average molecular weight is 1210 g/mol. The first-order valence-electron chi connectivity index (χ1n) is 36.1. The second-order valence-corrected chi connectivity index (χ2v) is 25.7. The first-order chi connectivity index (χ1) is 41.6. The Bertz CT molecular complexity index is 1520. The summed E-state index contributed by atoms with van der Waals surface area (Å²) in [6.07, 6.45) is 53.5. The first-order valence-corrected chi connectivity index (χ1v) is 36.1. The zero-order chi connectivity index (χ0) is 61.6. The molecule has 2 fully saturated rings. The number of carbonyl (C=O) groups excluding carboxylic acids is 1. The topological polar surface area (TPSA) is 228 Å². The molecular weight excluding hydrogens is 1070 g/mol. The number of aliphatic hydroxyl groups is 8. The third kappa shape index (κ3) is 40.8. The number of hydrogen-bond acceptors (Lipinski definition) is 13. The Morgan fingerprint density at radius 3 is 1.19 bits per heavy atom. The van der Waals surface area contributed by atoms with Crippen LogP contribution in [0.3, 0.4) is 0 Å². The minimum absolute atomic E-state index is 0.210. The molecule has 2 aliphatic heterocycles. The van der Waals surface area contributed by atoms with Crippen molar-refractivity contribution in [3.8, 4) is 0 Å². The molecular formula is C71H135NO13. The van der Waals surface area contributed by atoms with Crippen molar-refractivity contribution in [1.29, 1.82) is 0 Å². The monoisotopic (exact) mass is 1210 g/mol. The lowest BCUT2D eigenvalue weighted by Gasteiger charge is -2.46. The van der Waals surface area contributed by atoms with Crippen LogP contribution in [-0.4, -0.2) is 140 Å². The van der Waals surface area contributed by atoms with E-state index in [1.807, 2.05) is 0 Å². The SMILES string of the molecule is CCCCCC/C=C\C/C=C\CCCCCCCCCC(=O)NC(COC1OC(CO)C(OC2OC(CO)C(O)C(O)C2O)C(O)C1O)C(O)CCCCCCCCCCCCCCCCCCCCCCCCCCCCCCCCCCC. The summed E-state index contributed by atoms with van der Waals surface area (Å²) < 4.78 is 22.9. The van der Waals surface area contributed by atoms with E-state index in [1.54, 1.807) is 0 Å². The zero-order valence-electron chi connectivity index (χ0n) is 54.6. The Morgan fingerprint density at radius 1 is 0.424 bits per heavy atom. The molecule has 12 unspecified atom stereocenters. The largest absolute Gasteiger partial charge is 0.394 e. The van der Waals surface area contributed by atoms with Crippen LogP contribution in [0.25, 0.3) is 0 Å². The Balaban J connectivity index is 1.62. The van der Waals surface area contributed by atoms with Crippen LogP contribution < -0.4 is 5.32 Å². The number of aliphatic hydroxyl groups excluding tert-OH is 8. The number of amides is 1. The molecule has 0 aromatic heterocycles. The van der Waals surface area contributed by atoms with Gasteiger partial charge in [0.2, 0.25) is 5.91 Å². The summed E-state index contributed by atoms with van der Waals surface area (Å²) in [6.45, 7) is 2.89. The number of rotatable bonds is 60. The van der Waals surface area contributed by atoms with Gasteiger partial charge in [0, 0.05) is 6.42 Å². The Labute approximate surface area is 519 Å². The zero-order valence-corrected chi connectivity index (χ0v) is 54.6. The van der Waals surface area contributed by atoms with Gasteiger partial charge in [0.05, 0.1) is 32.0 Å². The van der Waals surface area contributed by atoms with E-state index in [1.165, 1.54) is 238 Å². The summed E-state index contributed by atoms with van der Waals surface area (Å²) in [4.78, 5) is 13.3. The molecule has 2 aliphatic rings. The van der Waals surface area contributed by atoms with E-state index in [4.69, 9.17) is 18.9 Å². The molecule has 502 valence electrons. The van der Waals surface area contributed by atoms with Gasteiger partial charge in [0.15, 0.2) is 12.6 Å². The quantitative estimate of drug-likeness (QED) is 0.0204. The highest BCUT2D eigenvalue weighted by Crippen LogP contribution is 2.30. The van der Waals surface area contributed by atoms with Gasteiger partial charge in [-0.05, 0) is 44.9 Å². The van der Waals surface area contributed by atoms with Crippen LogP contribution in [0.5, 0.6) is 0 Å². The van der Waals surface area contributed by atoms with Crippen molar-refractivity contribution in [2.75, 3.05) is 19.8 Å². The van der Waals surface area contributed by atoms with Gasteiger partial charge in [-0.25, -0.2) is 0 Å². The molecule has 12 atom stereocenters. The van der Waals surface area contributed by atoms with Crippen LogP contribution in [0.2, 0.25) is 0 Å². The second-order valence-electron chi connectivity index (χ2n) is 25.7. The molecule has 2 heterocycles. The molecule has 2 rings (SSSR count). The normalized spacial score (nSPS) is 23.6. The smallest absolute Gasteiger partial charge is 0.220 e. The Morgan fingerprint density at radius 2 is 0.776 bits per heavy atom. The predicted molar refractivity (Wildman–Crippen MR) is 346 cm³/mol. The van der Waals surface area contributed by atoms with Gasteiger partial charge in [0.1, 0.15) is 48.8 Å². The fraction of sp³-hybridized carbons (Fsp3) is 0.930. The van der Waals surface area contributed by atoms with Crippen molar-refractivity contribution in [2.24, 2.45) is 0 Å². The third-order valence-corrected chi connectivity index (χ3v) is 17.9. The minimum Gasteiger partial charge on any atom is -0.394 e. The maximum absolute atomic E-state index is 13.3. The van der Waals surface area contributed by atoms with E-state index < -0.39 is 86.8 Å². The van der Waals surface area contributed by atoms with Crippen LogP contribution in [0.4, 0.5) is 0 Å². The second kappa shape index (κ2) is 56.5. The number of ether oxygens (including phenoxy) is 4. The lowest BCUT2D eigenvalue weighted by Crippen LogP contribution is -2.65. The van der Waals surface area contributed by atoms with Crippen molar-refractivity contribution in [1.82, 2.24) is 5.32 Å². The molecule has 14 heteroatoms. The van der Waals surface area contributed by atoms with E-state index in [0.717, 1.165) is 57.8 Å². The number of allylic oxidation sites excluding steroid dienone is 4. The maximum Gasteiger partial charge on any atom is 0.220 e. The van der Waals surface area contributed by atoms with Crippen LogP contribution in [0.15, 0.2) is 24.3 Å². The van der Waals surface area contributed by atoms with Crippen molar-refractivity contribution in [2.45, 2.75) is 402 Å². The van der Waals surface area contributed by atoms with Crippen molar-refractivity contribution >= 4 is 5.91 Å². The molecule has 0 aliphatic carbocycles. The van der Waals surface area contributed by atoms with Gasteiger partial charge < -0.3 is 65.1 Å². The first kappa shape index (κ1) is 79.6. The molecule has 9 N–H and O–H groups in total.